The van der Waals surface area contributed by atoms with E-state index >= 15 is 0 Å². The lowest BCUT2D eigenvalue weighted by Crippen LogP contribution is -1.99. The normalized spacial score (nSPS) is 11.3. The van der Waals surface area contributed by atoms with E-state index in [1.807, 2.05) is 60.8 Å². The van der Waals surface area contributed by atoms with E-state index in [0.29, 0.717) is 10.8 Å². The summed E-state index contributed by atoms with van der Waals surface area (Å²) in [6, 6.07) is 26.2. The SMILES string of the molecule is Clc1ccc(-n2c(SCc3csc(-c4ccccc4)n3)nnc2-c2c[nH]c3ccccc23)cc1. The van der Waals surface area contributed by atoms with Gasteiger partial charge < -0.3 is 4.98 Å². The van der Waals surface area contributed by atoms with Crippen LogP contribution in [0.2, 0.25) is 5.02 Å². The van der Waals surface area contributed by atoms with Gasteiger partial charge in [-0.05, 0) is 30.3 Å². The summed E-state index contributed by atoms with van der Waals surface area (Å²) < 4.78 is 2.08. The smallest absolute Gasteiger partial charge is 0.196 e. The monoisotopic (exact) mass is 499 g/mol. The summed E-state index contributed by atoms with van der Waals surface area (Å²) in [5, 5.41) is 14.9. The quantitative estimate of drug-likeness (QED) is 0.241. The molecule has 6 rings (SSSR count). The Morgan fingerprint density at radius 2 is 1.71 bits per heavy atom. The van der Waals surface area contributed by atoms with Crippen LogP contribution in [0.1, 0.15) is 5.69 Å². The molecule has 0 saturated carbocycles. The molecular formula is C26H18ClN5S2. The highest BCUT2D eigenvalue weighted by Crippen LogP contribution is 2.34. The number of halogens is 1. The van der Waals surface area contributed by atoms with Crippen molar-refractivity contribution in [2.24, 2.45) is 0 Å². The molecule has 0 aliphatic carbocycles. The highest BCUT2D eigenvalue weighted by Gasteiger charge is 2.19. The minimum atomic E-state index is 0.690. The van der Waals surface area contributed by atoms with Crippen molar-refractivity contribution >= 4 is 45.6 Å². The van der Waals surface area contributed by atoms with Gasteiger partial charge in [0.2, 0.25) is 0 Å². The number of rotatable bonds is 6. The molecular weight excluding hydrogens is 482 g/mol. The van der Waals surface area contributed by atoms with Crippen molar-refractivity contribution in [3.8, 4) is 27.6 Å². The summed E-state index contributed by atoms with van der Waals surface area (Å²) in [7, 11) is 0. The molecule has 0 spiro atoms. The highest BCUT2D eigenvalue weighted by atomic mass is 35.5. The summed E-state index contributed by atoms with van der Waals surface area (Å²) in [4.78, 5) is 8.17. The Balaban J connectivity index is 1.36. The summed E-state index contributed by atoms with van der Waals surface area (Å²) in [5.41, 5.74) is 5.18. The first-order chi connectivity index (χ1) is 16.8. The lowest BCUT2D eigenvalue weighted by Gasteiger charge is -2.10. The maximum atomic E-state index is 6.17. The van der Waals surface area contributed by atoms with Crippen molar-refractivity contribution in [3.05, 3.63) is 101 Å². The number of nitrogens with zero attached hydrogens (tertiary/aromatic N) is 4. The van der Waals surface area contributed by atoms with E-state index in [0.717, 1.165) is 49.4 Å². The molecule has 5 nitrogen and oxygen atoms in total. The number of nitrogens with one attached hydrogen (secondary N) is 1. The number of thiazole rings is 1. The van der Waals surface area contributed by atoms with Crippen molar-refractivity contribution in [1.82, 2.24) is 24.7 Å². The van der Waals surface area contributed by atoms with Crippen LogP contribution in [0.4, 0.5) is 0 Å². The number of hydrogen-bond acceptors (Lipinski definition) is 5. The van der Waals surface area contributed by atoms with Gasteiger partial charge in [0.05, 0.1) is 5.69 Å². The fourth-order valence-electron chi connectivity index (χ4n) is 3.84. The van der Waals surface area contributed by atoms with Crippen LogP contribution in [-0.2, 0) is 5.75 Å². The van der Waals surface area contributed by atoms with E-state index in [1.54, 1.807) is 23.1 Å². The average Bonchev–Trinajstić information content (AvgIpc) is 3.62. The molecule has 0 aliphatic rings. The molecule has 8 heteroatoms. The van der Waals surface area contributed by atoms with Gasteiger partial charge in [-0.15, -0.1) is 21.5 Å². The topological polar surface area (TPSA) is 59.4 Å². The number of thioether (sulfide) groups is 1. The Kier molecular flexibility index (Phi) is 5.66. The van der Waals surface area contributed by atoms with Crippen LogP contribution in [-0.4, -0.2) is 24.7 Å². The standard InChI is InChI=1S/C26H18ClN5S2/c27-18-10-12-20(13-11-18)32-24(22-14-28-23-9-5-4-8-21(22)23)30-31-26(32)34-16-19-15-33-25(29-19)17-6-2-1-3-7-17/h1-15,28H,16H2. The third kappa shape index (κ3) is 4.03. The van der Waals surface area contributed by atoms with Gasteiger partial charge in [-0.3, -0.25) is 4.57 Å². The number of H-pyrrole nitrogens is 1. The zero-order chi connectivity index (χ0) is 22.9. The third-order valence-electron chi connectivity index (χ3n) is 5.47. The molecule has 0 atom stereocenters. The Labute approximate surface area is 209 Å². The number of hydrogen-bond donors (Lipinski definition) is 1. The van der Waals surface area contributed by atoms with E-state index in [2.05, 4.69) is 49.4 Å². The molecule has 3 heterocycles. The van der Waals surface area contributed by atoms with Gasteiger partial charge in [-0.2, -0.15) is 0 Å². The molecule has 0 saturated heterocycles. The van der Waals surface area contributed by atoms with Crippen LogP contribution in [0.15, 0.2) is 95.6 Å². The predicted molar refractivity (Wildman–Crippen MR) is 141 cm³/mol. The van der Waals surface area contributed by atoms with Crippen LogP contribution in [0.25, 0.3) is 38.5 Å². The predicted octanol–water partition coefficient (Wildman–Crippen LogP) is 7.48. The molecule has 3 aromatic heterocycles. The molecule has 0 radical (unpaired) electrons. The molecule has 0 aliphatic heterocycles. The van der Waals surface area contributed by atoms with Gasteiger partial charge >= 0.3 is 0 Å². The van der Waals surface area contributed by atoms with E-state index in [-0.39, 0.29) is 0 Å². The number of fused-ring (bicyclic) bond motifs is 1. The van der Waals surface area contributed by atoms with Gasteiger partial charge in [0.1, 0.15) is 5.01 Å². The van der Waals surface area contributed by atoms with Crippen LogP contribution >= 0.6 is 34.7 Å². The summed E-state index contributed by atoms with van der Waals surface area (Å²) in [6.45, 7) is 0. The minimum Gasteiger partial charge on any atom is -0.360 e. The Bertz CT molecular complexity index is 1570. The Morgan fingerprint density at radius 1 is 0.912 bits per heavy atom. The van der Waals surface area contributed by atoms with E-state index < -0.39 is 0 Å². The number of aromatic amines is 1. The molecule has 3 aromatic carbocycles. The zero-order valence-electron chi connectivity index (χ0n) is 17.9. The fraction of sp³-hybridized carbons (Fsp3) is 0.0385. The van der Waals surface area contributed by atoms with Gasteiger partial charge in [0.15, 0.2) is 11.0 Å². The van der Waals surface area contributed by atoms with Gasteiger partial charge in [-0.25, -0.2) is 4.98 Å². The Morgan fingerprint density at radius 3 is 2.56 bits per heavy atom. The van der Waals surface area contributed by atoms with Crippen LogP contribution in [0, 0.1) is 0 Å². The summed E-state index contributed by atoms with van der Waals surface area (Å²) in [5.74, 6) is 1.48. The first kappa shape index (κ1) is 21.2. The lowest BCUT2D eigenvalue weighted by atomic mass is 10.1. The van der Waals surface area contributed by atoms with Crippen molar-refractivity contribution in [2.75, 3.05) is 0 Å². The van der Waals surface area contributed by atoms with Crippen molar-refractivity contribution in [2.45, 2.75) is 10.9 Å². The van der Waals surface area contributed by atoms with E-state index in [4.69, 9.17) is 16.6 Å². The van der Waals surface area contributed by atoms with E-state index in [9.17, 15) is 0 Å². The number of aromatic nitrogens is 5. The molecule has 0 amide bonds. The second kappa shape index (κ2) is 9.10. The average molecular weight is 500 g/mol. The van der Waals surface area contributed by atoms with Crippen LogP contribution in [0.3, 0.4) is 0 Å². The fourth-order valence-corrected chi connectivity index (χ4v) is 5.74. The zero-order valence-corrected chi connectivity index (χ0v) is 20.2. The molecule has 166 valence electrons. The maximum absolute atomic E-state index is 6.17. The first-order valence-electron chi connectivity index (χ1n) is 10.7. The van der Waals surface area contributed by atoms with Crippen molar-refractivity contribution < 1.29 is 0 Å². The number of benzene rings is 3. The molecule has 0 bridgehead atoms. The third-order valence-corrected chi connectivity index (χ3v) is 7.62. The van der Waals surface area contributed by atoms with Crippen LogP contribution < -0.4 is 0 Å². The van der Waals surface area contributed by atoms with Gasteiger partial charge in [0.25, 0.3) is 0 Å². The second-order valence-corrected chi connectivity index (χ2v) is 9.90. The Hall–Kier alpha value is -3.39. The molecule has 0 fully saturated rings. The van der Waals surface area contributed by atoms with E-state index in [1.165, 1.54) is 0 Å². The van der Waals surface area contributed by atoms with Crippen LogP contribution in [0.5, 0.6) is 0 Å². The molecule has 0 unspecified atom stereocenters. The van der Waals surface area contributed by atoms with Gasteiger partial charge in [-0.1, -0.05) is 71.9 Å². The minimum absolute atomic E-state index is 0.690. The van der Waals surface area contributed by atoms with Crippen molar-refractivity contribution in [1.29, 1.82) is 0 Å². The largest absolute Gasteiger partial charge is 0.360 e. The highest BCUT2D eigenvalue weighted by molar-refractivity contribution is 7.98. The number of para-hydroxylation sites is 1. The second-order valence-electron chi connectivity index (χ2n) is 7.66. The lowest BCUT2D eigenvalue weighted by molar-refractivity contribution is 0.885. The van der Waals surface area contributed by atoms with Crippen molar-refractivity contribution in [3.63, 3.8) is 0 Å². The molecule has 6 aromatic rings. The summed E-state index contributed by atoms with van der Waals surface area (Å²) >= 11 is 9.45. The van der Waals surface area contributed by atoms with Gasteiger partial charge in [0, 0.05) is 50.1 Å². The summed E-state index contributed by atoms with van der Waals surface area (Å²) in [6.07, 6.45) is 1.99. The molecule has 34 heavy (non-hydrogen) atoms. The maximum Gasteiger partial charge on any atom is 0.196 e. The first-order valence-corrected chi connectivity index (χ1v) is 12.9. The molecule has 1 N–H and O–H groups in total.